The van der Waals surface area contributed by atoms with E-state index in [0.717, 1.165) is 50.5 Å². The van der Waals surface area contributed by atoms with Gasteiger partial charge in [-0.2, -0.15) is 0 Å². The maximum absolute atomic E-state index is 4.91. The Morgan fingerprint density at radius 2 is 1.67 bits per heavy atom. The fraction of sp³-hybridized carbons (Fsp3) is 0.261. The van der Waals surface area contributed by atoms with E-state index in [1.807, 2.05) is 6.07 Å². The van der Waals surface area contributed by atoms with Crippen molar-refractivity contribution in [1.29, 1.82) is 0 Å². The molecule has 1 saturated heterocycles. The summed E-state index contributed by atoms with van der Waals surface area (Å²) in [5.74, 6) is 7.65. The van der Waals surface area contributed by atoms with E-state index in [2.05, 4.69) is 91.4 Å². The first-order valence-corrected chi connectivity index (χ1v) is 10.1. The quantitative estimate of drug-likeness (QED) is 0.454. The fourth-order valence-corrected chi connectivity index (χ4v) is 3.70. The number of benzene rings is 2. The summed E-state index contributed by atoms with van der Waals surface area (Å²) in [5, 5.41) is 2.41. The van der Waals surface area contributed by atoms with Crippen LogP contribution in [-0.2, 0) is 6.42 Å². The van der Waals surface area contributed by atoms with Gasteiger partial charge in [0.05, 0.1) is 0 Å². The van der Waals surface area contributed by atoms with Gasteiger partial charge in [-0.15, -0.1) is 0 Å². The van der Waals surface area contributed by atoms with Gasteiger partial charge in [0.15, 0.2) is 0 Å². The van der Waals surface area contributed by atoms with Crippen LogP contribution < -0.4 is 4.90 Å². The van der Waals surface area contributed by atoms with E-state index in [-0.39, 0.29) is 0 Å². The lowest BCUT2D eigenvalue weighted by Crippen LogP contribution is -2.42. The molecule has 0 saturated carbocycles. The largest absolute Gasteiger partial charge is 0.353 e. The molecule has 0 N–H and O–H groups in total. The van der Waals surface area contributed by atoms with E-state index in [1.54, 1.807) is 0 Å². The summed E-state index contributed by atoms with van der Waals surface area (Å²) >= 11 is 3.58. The zero-order chi connectivity index (χ0) is 18.5. The summed E-state index contributed by atoms with van der Waals surface area (Å²) < 4.78 is 2.18. The Kier molecular flexibility index (Phi) is 5.72. The number of hydrogen-bond donors (Lipinski definition) is 0. The molecule has 4 heteroatoms. The van der Waals surface area contributed by atoms with Crippen molar-refractivity contribution in [3.8, 4) is 11.8 Å². The Balaban J connectivity index is 1.57. The van der Waals surface area contributed by atoms with Crippen LogP contribution in [0.3, 0.4) is 0 Å². The fourth-order valence-electron chi connectivity index (χ4n) is 3.38. The first kappa shape index (κ1) is 18.0. The molecule has 2 heterocycles. The number of fused-ring (bicyclic) bond motifs is 1. The number of pyridine rings is 1. The molecule has 0 atom stereocenters. The van der Waals surface area contributed by atoms with Crippen LogP contribution in [-0.4, -0.2) is 35.1 Å². The number of hydrogen-bond acceptors (Lipinski definition) is 3. The highest BCUT2D eigenvalue weighted by atomic mass is 79.9. The summed E-state index contributed by atoms with van der Waals surface area (Å²) in [7, 11) is 0. The van der Waals surface area contributed by atoms with Crippen LogP contribution in [0.25, 0.3) is 10.8 Å². The molecule has 1 aliphatic heterocycles. The van der Waals surface area contributed by atoms with E-state index >= 15 is 0 Å². The maximum Gasteiger partial charge on any atom is 0.138 e. The molecule has 0 aliphatic carbocycles. The zero-order valence-corrected chi connectivity index (χ0v) is 16.8. The molecule has 0 spiro atoms. The third-order valence-corrected chi connectivity index (χ3v) is 5.55. The third-order valence-electron chi connectivity index (χ3n) is 4.84. The normalized spacial score (nSPS) is 14.8. The number of halogens is 1. The van der Waals surface area contributed by atoms with Crippen molar-refractivity contribution in [2.75, 3.05) is 31.1 Å². The van der Waals surface area contributed by atoms with E-state index in [9.17, 15) is 0 Å². The van der Waals surface area contributed by atoms with Gasteiger partial charge in [0, 0.05) is 54.1 Å². The Bertz CT molecular complexity index is 967. The third kappa shape index (κ3) is 4.50. The number of aromatic nitrogens is 1. The van der Waals surface area contributed by atoms with Crippen molar-refractivity contribution in [2.24, 2.45) is 0 Å². The first-order chi connectivity index (χ1) is 13.3. The molecule has 2 aromatic carbocycles. The minimum absolute atomic E-state index is 0.843. The highest BCUT2D eigenvalue weighted by molar-refractivity contribution is 9.07. The summed E-state index contributed by atoms with van der Waals surface area (Å²) in [6, 6.07) is 21.1. The van der Waals surface area contributed by atoms with Crippen LogP contribution in [0.15, 0.2) is 60.7 Å². The summed E-state index contributed by atoms with van der Waals surface area (Å²) in [6.45, 7) is 3.91. The van der Waals surface area contributed by atoms with Crippen molar-refractivity contribution < 1.29 is 0 Å². The monoisotopic (exact) mass is 419 g/mol. The van der Waals surface area contributed by atoms with E-state index in [4.69, 9.17) is 4.98 Å². The predicted octanol–water partition coefficient (Wildman–Crippen LogP) is 4.65. The molecular weight excluding hydrogens is 398 g/mol. The van der Waals surface area contributed by atoms with Crippen molar-refractivity contribution in [2.45, 2.75) is 12.8 Å². The second kappa shape index (κ2) is 8.56. The molecule has 0 bridgehead atoms. The highest BCUT2D eigenvalue weighted by Crippen LogP contribution is 2.26. The molecule has 1 aromatic heterocycles. The molecule has 136 valence electrons. The van der Waals surface area contributed by atoms with Gasteiger partial charge >= 0.3 is 0 Å². The summed E-state index contributed by atoms with van der Waals surface area (Å²) in [6.07, 6.45) is 1.82. The molecule has 1 aliphatic rings. The smallest absolute Gasteiger partial charge is 0.138 e. The van der Waals surface area contributed by atoms with Crippen molar-refractivity contribution in [3.05, 3.63) is 71.9 Å². The van der Waals surface area contributed by atoms with E-state index < -0.39 is 0 Å². The Labute approximate surface area is 169 Å². The lowest BCUT2D eigenvalue weighted by molar-refractivity contribution is 0.442. The SMILES string of the molecule is BrN1CCN(c2nc(C#CCCc3ccccc3)cc3ccccc23)CC1. The number of piperazine rings is 1. The van der Waals surface area contributed by atoms with E-state index in [1.165, 1.54) is 16.3 Å². The second-order valence-corrected chi connectivity index (χ2v) is 7.74. The van der Waals surface area contributed by atoms with Crippen LogP contribution in [0.5, 0.6) is 0 Å². The van der Waals surface area contributed by atoms with Crippen LogP contribution >= 0.6 is 16.1 Å². The summed E-state index contributed by atoms with van der Waals surface area (Å²) in [4.78, 5) is 7.28. The number of rotatable bonds is 3. The van der Waals surface area contributed by atoms with Crippen LogP contribution in [0.1, 0.15) is 17.7 Å². The van der Waals surface area contributed by atoms with Gasteiger partial charge in [-0.1, -0.05) is 60.5 Å². The number of nitrogens with zero attached hydrogens (tertiary/aromatic N) is 3. The molecular formula is C23H22BrN3. The van der Waals surface area contributed by atoms with Crippen molar-refractivity contribution in [3.63, 3.8) is 0 Å². The molecule has 1 fully saturated rings. The molecule has 4 rings (SSSR count). The Morgan fingerprint density at radius 1 is 0.926 bits per heavy atom. The topological polar surface area (TPSA) is 19.4 Å². The van der Waals surface area contributed by atoms with Crippen molar-refractivity contribution in [1.82, 2.24) is 8.91 Å². The zero-order valence-electron chi connectivity index (χ0n) is 15.2. The molecule has 3 nitrogen and oxygen atoms in total. The lowest BCUT2D eigenvalue weighted by Gasteiger charge is -2.32. The molecule has 27 heavy (non-hydrogen) atoms. The second-order valence-electron chi connectivity index (χ2n) is 6.74. The minimum Gasteiger partial charge on any atom is -0.353 e. The van der Waals surface area contributed by atoms with Gasteiger partial charge in [-0.3, -0.25) is 0 Å². The average Bonchev–Trinajstić information content (AvgIpc) is 2.72. The minimum atomic E-state index is 0.843. The van der Waals surface area contributed by atoms with Gasteiger partial charge in [-0.25, -0.2) is 8.91 Å². The van der Waals surface area contributed by atoms with Crippen LogP contribution in [0, 0.1) is 11.8 Å². The van der Waals surface area contributed by atoms with Gasteiger partial charge in [-0.05, 0) is 29.4 Å². The van der Waals surface area contributed by atoms with Gasteiger partial charge in [0.1, 0.15) is 11.5 Å². The van der Waals surface area contributed by atoms with Gasteiger partial charge in [0.2, 0.25) is 0 Å². The molecule has 0 amide bonds. The van der Waals surface area contributed by atoms with Crippen LogP contribution in [0.2, 0.25) is 0 Å². The van der Waals surface area contributed by atoms with E-state index in [0.29, 0.717) is 0 Å². The Morgan fingerprint density at radius 3 is 2.48 bits per heavy atom. The first-order valence-electron chi connectivity index (χ1n) is 9.38. The predicted molar refractivity (Wildman–Crippen MR) is 116 cm³/mol. The Hall–Kier alpha value is -2.35. The standard InChI is InChI=1S/C23H22BrN3/c24-27-16-14-26(15-17-27)23-22-13-7-5-11-20(22)18-21(25-23)12-6-4-10-19-8-2-1-3-9-19/h1-3,5,7-9,11,13,18H,4,10,14-17H2. The highest BCUT2D eigenvalue weighted by Gasteiger charge is 2.18. The maximum atomic E-state index is 4.91. The summed E-state index contributed by atoms with van der Waals surface area (Å²) in [5.41, 5.74) is 2.18. The van der Waals surface area contributed by atoms with Gasteiger partial charge in [0.25, 0.3) is 0 Å². The molecule has 0 unspecified atom stereocenters. The number of aryl methyl sites for hydroxylation is 1. The average molecular weight is 420 g/mol. The van der Waals surface area contributed by atoms with Gasteiger partial charge < -0.3 is 4.90 Å². The lowest BCUT2D eigenvalue weighted by atomic mass is 10.1. The van der Waals surface area contributed by atoms with Crippen LogP contribution in [0.4, 0.5) is 5.82 Å². The molecule has 0 radical (unpaired) electrons. The number of anilines is 1. The molecule has 3 aromatic rings. The van der Waals surface area contributed by atoms with Crippen molar-refractivity contribution >= 4 is 32.7 Å².